The number of carbonyl (C=O) groups is 2. The van der Waals surface area contributed by atoms with E-state index in [0.717, 1.165) is 5.56 Å². The minimum Gasteiger partial charge on any atom is -0.323 e. The number of rotatable bonds is 2. The lowest BCUT2D eigenvalue weighted by atomic mass is 10.1. The number of anilines is 2. The number of H-pyrrole nitrogens is 1. The number of amides is 2. The van der Waals surface area contributed by atoms with Crippen LogP contribution < -0.4 is 10.2 Å². The van der Waals surface area contributed by atoms with Crippen molar-refractivity contribution in [2.75, 3.05) is 16.8 Å². The Morgan fingerprint density at radius 3 is 2.68 bits per heavy atom. The van der Waals surface area contributed by atoms with Gasteiger partial charge in [0.1, 0.15) is 12.2 Å². The van der Waals surface area contributed by atoms with E-state index in [9.17, 15) is 9.59 Å². The Kier molecular flexibility index (Phi) is 3.74. The van der Waals surface area contributed by atoms with Crippen LogP contribution in [-0.4, -0.2) is 28.6 Å². The van der Waals surface area contributed by atoms with Crippen LogP contribution in [0.3, 0.4) is 0 Å². The monoisotopic (exact) mass is 352 g/mol. The van der Waals surface area contributed by atoms with E-state index in [1.54, 1.807) is 30.3 Å². The lowest BCUT2D eigenvalue weighted by molar-refractivity contribution is -0.115. The lowest BCUT2D eigenvalue weighted by Gasteiger charge is -2.28. The first-order valence-electron chi connectivity index (χ1n) is 7.64. The van der Waals surface area contributed by atoms with E-state index in [0.29, 0.717) is 27.8 Å². The number of para-hydroxylation sites is 2. The van der Waals surface area contributed by atoms with Crippen LogP contribution in [-0.2, 0) is 4.79 Å². The molecule has 1 aliphatic rings. The summed E-state index contributed by atoms with van der Waals surface area (Å²) in [5.41, 5.74) is 3.07. The van der Waals surface area contributed by atoms with Gasteiger partial charge in [0, 0.05) is 10.6 Å². The van der Waals surface area contributed by atoms with Gasteiger partial charge >= 0.3 is 0 Å². The van der Waals surface area contributed by atoms with E-state index in [4.69, 9.17) is 11.6 Å². The fourth-order valence-corrected chi connectivity index (χ4v) is 2.89. The van der Waals surface area contributed by atoms with Crippen LogP contribution in [0.15, 0.2) is 54.6 Å². The zero-order valence-electron chi connectivity index (χ0n) is 13.0. The smallest absolute Gasteiger partial charge is 0.276 e. The molecule has 2 amide bonds. The second-order valence-corrected chi connectivity index (χ2v) is 6.07. The van der Waals surface area contributed by atoms with Crippen LogP contribution in [0.2, 0.25) is 5.02 Å². The summed E-state index contributed by atoms with van der Waals surface area (Å²) in [6.07, 6.45) is 0. The van der Waals surface area contributed by atoms with E-state index in [1.807, 2.05) is 24.3 Å². The van der Waals surface area contributed by atoms with Gasteiger partial charge in [-0.1, -0.05) is 35.9 Å². The van der Waals surface area contributed by atoms with Gasteiger partial charge in [-0.15, -0.1) is 0 Å². The summed E-state index contributed by atoms with van der Waals surface area (Å²) >= 11 is 5.89. The Bertz CT molecular complexity index is 965. The standard InChI is InChI=1S/C18H13ClN4O2/c19-12-7-5-11(6-8-12)14-9-15(22-21-14)18(25)23-10-17(24)20-13-3-1-2-4-16(13)23/h1-9H,10H2,(H,20,24)(H,21,22). The number of hydrogen-bond acceptors (Lipinski definition) is 3. The molecule has 1 aromatic heterocycles. The number of aromatic amines is 1. The third-order valence-electron chi connectivity index (χ3n) is 3.96. The van der Waals surface area contributed by atoms with Gasteiger partial charge in [0.25, 0.3) is 5.91 Å². The molecule has 2 heterocycles. The van der Waals surface area contributed by atoms with Crippen molar-refractivity contribution in [3.05, 3.63) is 65.3 Å². The van der Waals surface area contributed by atoms with E-state index < -0.39 is 0 Å². The summed E-state index contributed by atoms with van der Waals surface area (Å²) in [5, 5.41) is 10.3. The molecule has 3 aromatic rings. The zero-order valence-corrected chi connectivity index (χ0v) is 13.7. The molecule has 1 aliphatic heterocycles. The Morgan fingerprint density at radius 2 is 1.88 bits per heavy atom. The molecule has 2 aromatic carbocycles. The summed E-state index contributed by atoms with van der Waals surface area (Å²) < 4.78 is 0. The number of halogens is 1. The highest BCUT2D eigenvalue weighted by Crippen LogP contribution is 2.30. The summed E-state index contributed by atoms with van der Waals surface area (Å²) in [4.78, 5) is 26.2. The van der Waals surface area contributed by atoms with Gasteiger partial charge in [0.2, 0.25) is 5.91 Å². The molecule has 0 unspecified atom stereocenters. The average Bonchev–Trinajstić information content (AvgIpc) is 3.11. The van der Waals surface area contributed by atoms with Crippen molar-refractivity contribution in [3.63, 3.8) is 0 Å². The molecule has 25 heavy (non-hydrogen) atoms. The number of aromatic nitrogens is 2. The average molecular weight is 353 g/mol. The van der Waals surface area contributed by atoms with Crippen LogP contribution in [0.1, 0.15) is 10.5 Å². The van der Waals surface area contributed by atoms with Gasteiger partial charge < -0.3 is 5.32 Å². The molecule has 6 nitrogen and oxygen atoms in total. The van der Waals surface area contributed by atoms with Gasteiger partial charge in [-0.25, -0.2) is 0 Å². The van der Waals surface area contributed by atoms with Crippen molar-refractivity contribution in [2.24, 2.45) is 0 Å². The van der Waals surface area contributed by atoms with Gasteiger partial charge in [0.15, 0.2) is 0 Å². The van der Waals surface area contributed by atoms with Gasteiger partial charge in [-0.2, -0.15) is 5.10 Å². The van der Waals surface area contributed by atoms with E-state index in [1.165, 1.54) is 4.90 Å². The minimum atomic E-state index is -0.310. The largest absolute Gasteiger partial charge is 0.323 e. The second kappa shape index (κ2) is 6.07. The van der Waals surface area contributed by atoms with Crippen molar-refractivity contribution in [1.29, 1.82) is 0 Å². The predicted octanol–water partition coefficient (Wildman–Crippen LogP) is 3.33. The quantitative estimate of drug-likeness (QED) is 0.742. The van der Waals surface area contributed by atoms with Crippen molar-refractivity contribution in [3.8, 4) is 11.3 Å². The van der Waals surface area contributed by atoms with Crippen LogP contribution in [0.25, 0.3) is 11.3 Å². The lowest BCUT2D eigenvalue weighted by Crippen LogP contribution is -2.42. The fourth-order valence-electron chi connectivity index (χ4n) is 2.76. The summed E-state index contributed by atoms with van der Waals surface area (Å²) in [5.74, 6) is -0.542. The van der Waals surface area contributed by atoms with Gasteiger partial charge in [-0.3, -0.25) is 19.6 Å². The van der Waals surface area contributed by atoms with Crippen LogP contribution in [0, 0.1) is 0 Å². The number of nitrogens with one attached hydrogen (secondary N) is 2. The normalized spacial score (nSPS) is 13.3. The fraction of sp³-hybridized carbons (Fsp3) is 0.0556. The number of carbonyl (C=O) groups excluding carboxylic acids is 2. The Hall–Kier alpha value is -3.12. The zero-order chi connectivity index (χ0) is 17.4. The molecular formula is C18H13ClN4O2. The number of benzene rings is 2. The van der Waals surface area contributed by atoms with Gasteiger partial charge in [-0.05, 0) is 30.3 Å². The third-order valence-corrected chi connectivity index (χ3v) is 4.22. The molecule has 0 bridgehead atoms. The van der Waals surface area contributed by atoms with E-state index in [2.05, 4.69) is 15.5 Å². The second-order valence-electron chi connectivity index (χ2n) is 5.63. The number of nitrogens with zero attached hydrogens (tertiary/aromatic N) is 2. The highest BCUT2D eigenvalue weighted by atomic mass is 35.5. The van der Waals surface area contributed by atoms with Gasteiger partial charge in [0.05, 0.1) is 17.1 Å². The molecule has 0 saturated carbocycles. The molecule has 0 fully saturated rings. The minimum absolute atomic E-state index is 0.0366. The highest BCUT2D eigenvalue weighted by molar-refractivity contribution is 6.30. The third kappa shape index (κ3) is 2.88. The SMILES string of the molecule is O=C1CN(C(=O)c2cc(-c3ccc(Cl)cc3)n[nH]2)c2ccccc2N1. The first kappa shape index (κ1) is 15.4. The molecule has 0 radical (unpaired) electrons. The summed E-state index contributed by atoms with van der Waals surface area (Å²) in [6.45, 7) is -0.0366. The molecule has 2 N–H and O–H groups in total. The van der Waals surface area contributed by atoms with Crippen molar-refractivity contribution >= 4 is 34.8 Å². The Balaban J connectivity index is 1.66. The van der Waals surface area contributed by atoms with Crippen molar-refractivity contribution in [2.45, 2.75) is 0 Å². The maximum absolute atomic E-state index is 12.9. The molecule has 0 spiro atoms. The first-order chi connectivity index (χ1) is 12.1. The molecule has 0 atom stereocenters. The highest BCUT2D eigenvalue weighted by Gasteiger charge is 2.28. The Labute approximate surface area is 148 Å². The maximum Gasteiger partial charge on any atom is 0.276 e. The molecular weight excluding hydrogens is 340 g/mol. The number of fused-ring (bicyclic) bond motifs is 1. The Morgan fingerprint density at radius 1 is 1.12 bits per heavy atom. The molecule has 0 saturated heterocycles. The summed E-state index contributed by atoms with van der Waals surface area (Å²) in [6, 6.07) is 16.0. The van der Waals surface area contributed by atoms with Crippen LogP contribution in [0.4, 0.5) is 11.4 Å². The molecule has 4 rings (SSSR count). The van der Waals surface area contributed by atoms with E-state index in [-0.39, 0.29) is 18.4 Å². The van der Waals surface area contributed by atoms with Crippen molar-refractivity contribution < 1.29 is 9.59 Å². The molecule has 7 heteroatoms. The summed E-state index contributed by atoms with van der Waals surface area (Å²) in [7, 11) is 0. The maximum atomic E-state index is 12.9. The predicted molar refractivity (Wildman–Crippen MR) is 95.8 cm³/mol. The first-order valence-corrected chi connectivity index (χ1v) is 8.02. The molecule has 0 aliphatic carbocycles. The van der Waals surface area contributed by atoms with Crippen LogP contribution >= 0.6 is 11.6 Å². The topological polar surface area (TPSA) is 78.1 Å². The molecule has 124 valence electrons. The van der Waals surface area contributed by atoms with Crippen LogP contribution in [0.5, 0.6) is 0 Å². The van der Waals surface area contributed by atoms with E-state index >= 15 is 0 Å². The van der Waals surface area contributed by atoms with Crippen molar-refractivity contribution in [1.82, 2.24) is 10.2 Å². The number of hydrogen-bond donors (Lipinski definition) is 2.